The molecule has 2 aromatic heterocycles. The van der Waals surface area contributed by atoms with Crippen LogP contribution in [-0.2, 0) is 0 Å². The Hall–Kier alpha value is -1.97. The average Bonchev–Trinajstić information content (AvgIpc) is 2.55. The smallest absolute Gasteiger partial charge is 0.161 e. The third kappa shape index (κ3) is 4.79. The monoisotopic (exact) mass is 298 g/mol. The normalized spacial score (nSPS) is 12.1. The van der Waals surface area contributed by atoms with Crippen molar-refractivity contribution in [3.8, 4) is 11.4 Å². The largest absolute Gasteiger partial charge is 0.370 e. The van der Waals surface area contributed by atoms with Gasteiger partial charge in [-0.05, 0) is 31.4 Å². The lowest BCUT2D eigenvalue weighted by molar-refractivity contribution is 0.472. The number of nitrogens with one attached hydrogen (secondary N) is 1. The van der Waals surface area contributed by atoms with E-state index in [1.165, 1.54) is 25.7 Å². The van der Waals surface area contributed by atoms with Gasteiger partial charge in [0.15, 0.2) is 5.82 Å². The highest BCUT2D eigenvalue weighted by Crippen LogP contribution is 2.18. The number of aryl methyl sites for hydroxylation is 1. The van der Waals surface area contributed by atoms with E-state index in [4.69, 9.17) is 0 Å². The topological polar surface area (TPSA) is 50.7 Å². The zero-order valence-corrected chi connectivity index (χ0v) is 13.8. The Labute approximate surface area is 133 Å². The maximum absolute atomic E-state index is 4.64. The van der Waals surface area contributed by atoms with E-state index in [9.17, 15) is 0 Å². The third-order valence-electron chi connectivity index (χ3n) is 3.91. The molecule has 0 saturated carbocycles. The quantitative estimate of drug-likeness (QED) is 0.781. The van der Waals surface area contributed by atoms with Crippen molar-refractivity contribution in [1.82, 2.24) is 15.0 Å². The van der Waals surface area contributed by atoms with E-state index in [1.54, 1.807) is 12.4 Å². The number of hydrogen-bond acceptors (Lipinski definition) is 4. The summed E-state index contributed by atoms with van der Waals surface area (Å²) < 4.78 is 0. The van der Waals surface area contributed by atoms with Gasteiger partial charge < -0.3 is 5.32 Å². The lowest BCUT2D eigenvalue weighted by Crippen LogP contribution is -2.15. The molecule has 118 valence electrons. The Morgan fingerprint density at radius 2 is 1.91 bits per heavy atom. The summed E-state index contributed by atoms with van der Waals surface area (Å²) in [5.41, 5.74) is 1.98. The van der Waals surface area contributed by atoms with Crippen molar-refractivity contribution >= 4 is 5.82 Å². The molecular formula is C18H26N4. The third-order valence-corrected chi connectivity index (χ3v) is 3.91. The molecule has 4 heteroatoms. The van der Waals surface area contributed by atoms with Crippen LogP contribution < -0.4 is 5.32 Å². The van der Waals surface area contributed by atoms with Crippen LogP contribution in [0.25, 0.3) is 11.4 Å². The second-order valence-corrected chi connectivity index (χ2v) is 5.75. The van der Waals surface area contributed by atoms with Gasteiger partial charge in [-0.15, -0.1) is 0 Å². The molecule has 1 atom stereocenters. The van der Waals surface area contributed by atoms with Gasteiger partial charge in [0.1, 0.15) is 5.82 Å². The Bertz CT molecular complexity index is 569. The number of rotatable bonds is 8. The SMILES string of the molecule is CCCCC(CC)CNc1cc(C)nc(-c2ccncc2)n1. The lowest BCUT2D eigenvalue weighted by atomic mass is 9.99. The summed E-state index contributed by atoms with van der Waals surface area (Å²) in [6.45, 7) is 7.49. The second kappa shape index (κ2) is 8.47. The zero-order valence-electron chi connectivity index (χ0n) is 13.8. The summed E-state index contributed by atoms with van der Waals surface area (Å²) in [6.07, 6.45) is 8.58. The molecule has 0 aliphatic carbocycles. The summed E-state index contributed by atoms with van der Waals surface area (Å²) in [6, 6.07) is 5.89. The van der Waals surface area contributed by atoms with Crippen LogP contribution in [0.5, 0.6) is 0 Å². The zero-order chi connectivity index (χ0) is 15.8. The van der Waals surface area contributed by atoms with Gasteiger partial charge in [-0.1, -0.05) is 33.1 Å². The van der Waals surface area contributed by atoms with Gasteiger partial charge in [-0.2, -0.15) is 0 Å². The van der Waals surface area contributed by atoms with Crippen molar-refractivity contribution in [3.63, 3.8) is 0 Å². The van der Waals surface area contributed by atoms with Crippen molar-refractivity contribution in [1.29, 1.82) is 0 Å². The highest BCUT2D eigenvalue weighted by atomic mass is 15.0. The average molecular weight is 298 g/mol. The predicted molar refractivity (Wildman–Crippen MR) is 91.8 cm³/mol. The van der Waals surface area contributed by atoms with Gasteiger partial charge in [0.2, 0.25) is 0 Å². The van der Waals surface area contributed by atoms with Gasteiger partial charge in [-0.25, -0.2) is 9.97 Å². The van der Waals surface area contributed by atoms with Crippen LogP contribution in [-0.4, -0.2) is 21.5 Å². The molecule has 2 rings (SSSR count). The molecule has 2 aromatic rings. The summed E-state index contributed by atoms with van der Waals surface area (Å²) in [5.74, 6) is 2.38. The standard InChI is InChI=1S/C18H26N4/c1-4-6-7-15(5-2)13-20-17-12-14(3)21-18(22-17)16-8-10-19-11-9-16/h8-12,15H,4-7,13H2,1-3H3,(H,20,21,22). The van der Waals surface area contributed by atoms with Crippen LogP contribution in [0.15, 0.2) is 30.6 Å². The Morgan fingerprint density at radius 1 is 1.14 bits per heavy atom. The van der Waals surface area contributed by atoms with Gasteiger partial charge in [0.25, 0.3) is 0 Å². The molecule has 0 aliphatic heterocycles. The van der Waals surface area contributed by atoms with E-state index in [1.807, 2.05) is 25.1 Å². The summed E-state index contributed by atoms with van der Waals surface area (Å²) in [7, 11) is 0. The molecule has 0 saturated heterocycles. The summed E-state index contributed by atoms with van der Waals surface area (Å²) in [5, 5.41) is 3.49. The molecule has 1 unspecified atom stereocenters. The van der Waals surface area contributed by atoms with E-state index in [2.05, 4.69) is 34.1 Å². The molecule has 0 radical (unpaired) electrons. The van der Waals surface area contributed by atoms with Gasteiger partial charge >= 0.3 is 0 Å². The Morgan fingerprint density at radius 3 is 2.59 bits per heavy atom. The van der Waals surface area contributed by atoms with Gasteiger partial charge in [-0.3, -0.25) is 4.98 Å². The van der Waals surface area contributed by atoms with E-state index in [0.29, 0.717) is 5.92 Å². The molecule has 0 bridgehead atoms. The van der Waals surface area contributed by atoms with Crippen molar-refractivity contribution in [2.75, 3.05) is 11.9 Å². The number of anilines is 1. The fourth-order valence-corrected chi connectivity index (χ4v) is 2.48. The highest BCUT2D eigenvalue weighted by Gasteiger charge is 2.08. The Balaban J connectivity index is 2.07. The number of aromatic nitrogens is 3. The number of pyridine rings is 1. The molecule has 0 fully saturated rings. The van der Waals surface area contributed by atoms with Crippen molar-refractivity contribution in [2.24, 2.45) is 5.92 Å². The van der Waals surface area contributed by atoms with Crippen molar-refractivity contribution in [2.45, 2.75) is 46.5 Å². The molecule has 22 heavy (non-hydrogen) atoms. The molecule has 1 N–H and O–H groups in total. The Kier molecular flexibility index (Phi) is 6.31. The van der Waals surface area contributed by atoms with Crippen LogP contribution in [0.3, 0.4) is 0 Å². The highest BCUT2D eigenvalue weighted by molar-refractivity contribution is 5.56. The summed E-state index contributed by atoms with van der Waals surface area (Å²) >= 11 is 0. The maximum atomic E-state index is 4.64. The number of unbranched alkanes of at least 4 members (excludes halogenated alkanes) is 1. The minimum Gasteiger partial charge on any atom is -0.370 e. The first-order chi connectivity index (χ1) is 10.7. The van der Waals surface area contributed by atoms with Gasteiger partial charge in [0, 0.05) is 36.3 Å². The first-order valence-corrected chi connectivity index (χ1v) is 8.22. The van der Waals surface area contributed by atoms with Crippen LogP contribution in [0, 0.1) is 12.8 Å². The van der Waals surface area contributed by atoms with Crippen LogP contribution in [0.1, 0.15) is 45.2 Å². The molecule has 0 aromatic carbocycles. The second-order valence-electron chi connectivity index (χ2n) is 5.75. The fraction of sp³-hybridized carbons (Fsp3) is 0.500. The van der Waals surface area contributed by atoms with E-state index >= 15 is 0 Å². The van der Waals surface area contributed by atoms with Crippen molar-refractivity contribution < 1.29 is 0 Å². The van der Waals surface area contributed by atoms with E-state index in [-0.39, 0.29) is 0 Å². The lowest BCUT2D eigenvalue weighted by Gasteiger charge is -2.16. The minimum absolute atomic E-state index is 0.708. The molecule has 4 nitrogen and oxygen atoms in total. The minimum atomic E-state index is 0.708. The first-order valence-electron chi connectivity index (χ1n) is 8.22. The summed E-state index contributed by atoms with van der Waals surface area (Å²) in [4.78, 5) is 13.2. The van der Waals surface area contributed by atoms with Crippen LogP contribution in [0.4, 0.5) is 5.82 Å². The first kappa shape index (κ1) is 16.4. The molecule has 0 aliphatic rings. The number of nitrogens with zero attached hydrogens (tertiary/aromatic N) is 3. The van der Waals surface area contributed by atoms with E-state index in [0.717, 1.165) is 29.4 Å². The van der Waals surface area contributed by atoms with E-state index < -0.39 is 0 Å². The molecule has 0 spiro atoms. The molecular weight excluding hydrogens is 272 g/mol. The molecule has 2 heterocycles. The fourth-order valence-electron chi connectivity index (χ4n) is 2.48. The van der Waals surface area contributed by atoms with Crippen LogP contribution >= 0.6 is 0 Å². The molecule has 0 amide bonds. The maximum Gasteiger partial charge on any atom is 0.161 e. The predicted octanol–water partition coefficient (Wildman–Crippen LogP) is 4.48. The van der Waals surface area contributed by atoms with Crippen molar-refractivity contribution in [3.05, 3.63) is 36.3 Å². The van der Waals surface area contributed by atoms with Gasteiger partial charge in [0.05, 0.1) is 0 Å². The number of hydrogen-bond donors (Lipinski definition) is 1. The van der Waals surface area contributed by atoms with Crippen LogP contribution in [0.2, 0.25) is 0 Å².